The van der Waals surface area contributed by atoms with Gasteiger partial charge < -0.3 is 24.8 Å². The molecule has 0 aromatic rings. The molecule has 1 fully saturated rings. The van der Waals surface area contributed by atoms with Gasteiger partial charge in [-0.2, -0.15) is 0 Å². The molecule has 2 heterocycles. The molecule has 2 aliphatic heterocycles. The van der Waals surface area contributed by atoms with Crippen molar-refractivity contribution in [2.75, 3.05) is 26.6 Å². The fourth-order valence-corrected chi connectivity index (χ4v) is 3.82. The van der Waals surface area contributed by atoms with E-state index in [4.69, 9.17) is 9.47 Å². The fraction of sp³-hybridized carbons (Fsp3) is 0.588. The topological polar surface area (TPSA) is 83.4 Å². The summed E-state index contributed by atoms with van der Waals surface area (Å²) in [6.07, 6.45) is 7.15. The van der Waals surface area contributed by atoms with Crippen LogP contribution in [0.3, 0.4) is 0 Å². The Morgan fingerprint density at radius 2 is 2.24 bits per heavy atom. The van der Waals surface area contributed by atoms with E-state index in [1.165, 1.54) is 6.92 Å². The number of hydrogen-bond donors (Lipinski definition) is 2. The van der Waals surface area contributed by atoms with Crippen molar-refractivity contribution >= 4 is 24.9 Å². The van der Waals surface area contributed by atoms with Crippen molar-refractivity contribution in [3.05, 3.63) is 24.7 Å². The van der Waals surface area contributed by atoms with Crippen molar-refractivity contribution in [2.24, 2.45) is 4.99 Å². The average molecular weight is 369 g/mol. The van der Waals surface area contributed by atoms with Crippen molar-refractivity contribution in [3.8, 4) is 0 Å². The van der Waals surface area contributed by atoms with Gasteiger partial charge >= 0.3 is 0 Å². The molecule has 0 spiro atoms. The molecule has 2 rings (SSSR count). The molecule has 1 saturated heterocycles. The molecule has 0 aromatic carbocycles. The zero-order chi connectivity index (χ0) is 18.8. The predicted octanol–water partition coefficient (Wildman–Crippen LogP) is 1.02. The third kappa shape index (κ3) is 5.05. The van der Waals surface area contributed by atoms with Gasteiger partial charge in [-0.15, -0.1) is 13.2 Å². The molecule has 0 aliphatic carbocycles. The van der Waals surface area contributed by atoms with Crippen LogP contribution in [0.1, 0.15) is 13.3 Å². The van der Waals surface area contributed by atoms with Crippen LogP contribution in [0, 0.1) is 0 Å². The quantitative estimate of drug-likeness (QED) is 0.707. The zero-order valence-corrected chi connectivity index (χ0v) is 16.2. The van der Waals surface area contributed by atoms with Gasteiger partial charge in [0.15, 0.2) is 6.23 Å². The van der Waals surface area contributed by atoms with E-state index in [-0.39, 0.29) is 12.0 Å². The number of amides is 1. The molecule has 25 heavy (non-hydrogen) atoms. The second-order valence-corrected chi connectivity index (χ2v) is 11.3. The molecule has 1 unspecified atom stereocenters. The van der Waals surface area contributed by atoms with Gasteiger partial charge in [0.05, 0.1) is 6.10 Å². The lowest BCUT2D eigenvalue weighted by molar-refractivity contribution is -0.117. The van der Waals surface area contributed by atoms with Gasteiger partial charge in [0, 0.05) is 20.2 Å². The van der Waals surface area contributed by atoms with Gasteiger partial charge in [-0.05, 0) is 32.0 Å². The van der Waals surface area contributed by atoms with Crippen LogP contribution < -0.4 is 5.32 Å². The highest BCUT2D eigenvalue weighted by Crippen LogP contribution is 2.39. The van der Waals surface area contributed by atoms with Crippen LogP contribution in [0.5, 0.6) is 0 Å². The number of nitrogens with one attached hydrogen (secondary N) is 1. The van der Waals surface area contributed by atoms with Crippen LogP contribution in [0.25, 0.3) is 0 Å². The van der Waals surface area contributed by atoms with E-state index in [1.54, 1.807) is 24.3 Å². The van der Waals surface area contributed by atoms with E-state index in [1.807, 2.05) is 0 Å². The molecule has 0 radical (unpaired) electrons. The third-order valence-corrected chi connectivity index (χ3v) is 5.59. The molecule has 0 bridgehead atoms. The zero-order valence-electron chi connectivity index (χ0n) is 15.3. The molecule has 8 heteroatoms. The first-order valence-electron chi connectivity index (χ1n) is 8.18. The first-order valence-corrected chi connectivity index (χ1v) is 11.2. The summed E-state index contributed by atoms with van der Waals surface area (Å²) < 4.78 is 11.5. The molecule has 7 nitrogen and oxygen atoms in total. The summed E-state index contributed by atoms with van der Waals surface area (Å²) in [5.41, 5.74) is 0. The normalized spacial score (nSPS) is 29.7. The van der Waals surface area contributed by atoms with Gasteiger partial charge in [-0.3, -0.25) is 4.79 Å². The lowest BCUT2D eigenvalue weighted by atomic mass is 10.1. The first-order chi connectivity index (χ1) is 11.6. The first kappa shape index (κ1) is 19.9. The number of rotatable bonds is 5. The summed E-state index contributed by atoms with van der Waals surface area (Å²) in [4.78, 5) is 17.1. The van der Waals surface area contributed by atoms with Gasteiger partial charge in [0.25, 0.3) is 0 Å². The Morgan fingerprint density at radius 3 is 2.76 bits per heavy atom. The Hall–Kier alpha value is -1.40. The van der Waals surface area contributed by atoms with Crippen LogP contribution in [-0.2, 0) is 14.3 Å². The largest absolute Gasteiger partial charge is 0.388 e. The molecule has 4 atom stereocenters. The summed E-state index contributed by atoms with van der Waals surface area (Å²) in [7, 11) is 1.55. The van der Waals surface area contributed by atoms with E-state index >= 15 is 0 Å². The van der Waals surface area contributed by atoms with E-state index < -0.39 is 25.3 Å². The third-order valence-electron chi connectivity index (χ3n) is 4.12. The minimum absolute atomic E-state index is 0.203. The van der Waals surface area contributed by atoms with Crippen molar-refractivity contribution < 1.29 is 19.4 Å². The second-order valence-electron chi connectivity index (χ2n) is 7.02. The van der Waals surface area contributed by atoms with Crippen molar-refractivity contribution in [2.45, 2.75) is 37.9 Å². The highest BCUT2D eigenvalue weighted by atomic mass is 31.2. The SMILES string of the molecule is C=C1N=C(NC(C)=O)C=CN1[C@@H]1OC(CCP(=C)(C)C)[C@@H](O)[C@H]1OC. The monoisotopic (exact) mass is 369 g/mol. The molecular formula is C17H28N3O4P. The van der Waals surface area contributed by atoms with Crippen LogP contribution in [0.15, 0.2) is 29.7 Å². The Balaban J connectivity index is 2.09. The number of methoxy groups -OCH3 is 1. The van der Waals surface area contributed by atoms with Gasteiger partial charge in [-0.1, -0.05) is 6.58 Å². The van der Waals surface area contributed by atoms with Crippen LogP contribution in [0.4, 0.5) is 0 Å². The smallest absolute Gasteiger partial charge is 0.222 e. The standard InChI is InChI=1S/C17H28N3O4P/c1-11-18-14(19-12(2)21)7-9-20(11)17-16(23-3)15(22)13(24-17)8-10-25(4,5)6/h7,9,13,15-17,22H,1,4,8,10H2,2-3,5-6H3,(H,18,19,21)/t13?,15-,16-,17-/m1/s1. The summed E-state index contributed by atoms with van der Waals surface area (Å²) in [5, 5.41) is 13.2. The van der Waals surface area contributed by atoms with Crippen molar-refractivity contribution in [1.29, 1.82) is 0 Å². The maximum absolute atomic E-state index is 11.1. The molecule has 1 amide bonds. The average Bonchev–Trinajstić information content (AvgIpc) is 2.80. The Bertz CT molecular complexity index is 640. The van der Waals surface area contributed by atoms with E-state index in [0.717, 1.165) is 12.6 Å². The van der Waals surface area contributed by atoms with Crippen LogP contribution >= 0.6 is 6.89 Å². The molecule has 2 N–H and O–H groups in total. The number of amidine groups is 1. The van der Waals surface area contributed by atoms with Gasteiger partial charge in [0.1, 0.15) is 23.9 Å². The summed E-state index contributed by atoms with van der Waals surface area (Å²) in [6, 6.07) is 0. The number of aliphatic imine (C=N–C) groups is 1. The second kappa shape index (κ2) is 7.87. The molecule has 140 valence electrons. The Morgan fingerprint density at radius 1 is 1.56 bits per heavy atom. The number of carbonyl (C=O) groups is 1. The number of ether oxygens (including phenoxy) is 2. The Labute approximate surface area is 149 Å². The Kier molecular flexibility index (Phi) is 6.27. The fourth-order valence-electron chi connectivity index (χ4n) is 2.87. The lowest BCUT2D eigenvalue weighted by Crippen LogP contribution is -2.43. The number of aliphatic hydroxyl groups is 1. The predicted molar refractivity (Wildman–Crippen MR) is 102 cm³/mol. The van der Waals surface area contributed by atoms with Gasteiger partial charge in [-0.25, -0.2) is 4.99 Å². The van der Waals surface area contributed by atoms with Crippen molar-refractivity contribution in [1.82, 2.24) is 10.2 Å². The van der Waals surface area contributed by atoms with Crippen LogP contribution in [-0.4, -0.2) is 79.2 Å². The molecule has 0 aromatic heterocycles. The number of nitrogens with zero attached hydrogens (tertiary/aromatic N) is 2. The van der Waals surface area contributed by atoms with E-state index in [0.29, 0.717) is 11.7 Å². The highest BCUT2D eigenvalue weighted by molar-refractivity contribution is 7.72. The number of carbonyl (C=O) groups excluding carboxylic acids is 1. The minimum atomic E-state index is -1.20. The number of aliphatic hydroxyl groups excluding tert-OH is 1. The summed E-state index contributed by atoms with van der Waals surface area (Å²) in [6.45, 7) is 8.45. The number of hydrogen-bond acceptors (Lipinski definition) is 6. The van der Waals surface area contributed by atoms with E-state index in [9.17, 15) is 9.90 Å². The summed E-state index contributed by atoms with van der Waals surface area (Å²) in [5.74, 6) is 0.628. The van der Waals surface area contributed by atoms with Gasteiger partial charge in [0.2, 0.25) is 5.91 Å². The highest BCUT2D eigenvalue weighted by Gasteiger charge is 2.46. The maximum atomic E-state index is 11.1. The maximum Gasteiger partial charge on any atom is 0.222 e. The molecule has 0 saturated carbocycles. The lowest BCUT2D eigenvalue weighted by Gasteiger charge is -2.32. The minimum Gasteiger partial charge on any atom is -0.388 e. The van der Waals surface area contributed by atoms with Crippen LogP contribution in [0.2, 0.25) is 0 Å². The summed E-state index contributed by atoms with van der Waals surface area (Å²) >= 11 is 0. The van der Waals surface area contributed by atoms with E-state index in [2.05, 4.69) is 36.5 Å². The molecular weight excluding hydrogens is 341 g/mol. The van der Waals surface area contributed by atoms with Crippen molar-refractivity contribution in [3.63, 3.8) is 0 Å². The molecule has 2 aliphatic rings.